The van der Waals surface area contributed by atoms with E-state index < -0.39 is 5.97 Å². The second-order valence-corrected chi connectivity index (χ2v) is 4.54. The summed E-state index contributed by atoms with van der Waals surface area (Å²) in [6.45, 7) is 4.34. The fraction of sp³-hybridized carbons (Fsp3) is 0.429. The zero-order chi connectivity index (χ0) is 15.2. The molecule has 0 aliphatic rings. The van der Waals surface area contributed by atoms with Crippen molar-refractivity contribution in [3.05, 3.63) is 24.3 Å². The minimum absolute atomic E-state index is 0.0225. The largest absolute Gasteiger partial charge is 0.493 e. The fourth-order valence-electron chi connectivity index (χ4n) is 2.15. The third-order valence-corrected chi connectivity index (χ3v) is 3.15. The molecule has 0 bridgehead atoms. The van der Waals surface area contributed by atoms with E-state index in [1.54, 1.807) is 4.68 Å². The van der Waals surface area contributed by atoms with Crippen LogP contribution >= 0.6 is 0 Å². The quantitative estimate of drug-likeness (QED) is 0.840. The molecule has 0 aliphatic heterocycles. The maximum Gasteiger partial charge on any atom is 0.305 e. The molecule has 2 rings (SSSR count). The van der Waals surface area contributed by atoms with Crippen molar-refractivity contribution >= 4 is 5.97 Å². The summed E-state index contributed by atoms with van der Waals surface area (Å²) in [5, 5.41) is 20.7. The van der Waals surface area contributed by atoms with E-state index in [-0.39, 0.29) is 12.5 Å². The first-order valence-corrected chi connectivity index (χ1v) is 6.89. The highest BCUT2D eigenvalue weighted by Gasteiger charge is 2.21. The Morgan fingerprint density at radius 3 is 2.81 bits per heavy atom. The summed E-state index contributed by atoms with van der Waals surface area (Å²) in [6, 6.07) is 7.16. The van der Waals surface area contributed by atoms with Crippen molar-refractivity contribution in [3.8, 4) is 17.1 Å². The number of aromatic nitrogens is 4. The maximum absolute atomic E-state index is 11.0. The smallest absolute Gasteiger partial charge is 0.305 e. The van der Waals surface area contributed by atoms with Gasteiger partial charge in [0.25, 0.3) is 0 Å². The Kier molecular flexibility index (Phi) is 4.86. The topological polar surface area (TPSA) is 90.1 Å². The summed E-state index contributed by atoms with van der Waals surface area (Å²) >= 11 is 0. The van der Waals surface area contributed by atoms with Gasteiger partial charge in [-0.25, -0.2) is 4.68 Å². The van der Waals surface area contributed by atoms with Gasteiger partial charge in [-0.2, -0.15) is 0 Å². The molecule has 0 amide bonds. The number of para-hydroxylation sites is 1. The number of carboxylic acid groups (broad SMARTS) is 1. The Morgan fingerprint density at radius 2 is 2.14 bits per heavy atom. The minimum atomic E-state index is -0.874. The van der Waals surface area contributed by atoms with Crippen LogP contribution in [0.25, 0.3) is 11.4 Å². The Balaban J connectivity index is 2.42. The lowest BCUT2D eigenvalue weighted by Gasteiger charge is -2.15. The predicted octanol–water partition coefficient (Wildman–Crippen LogP) is 2.16. The first-order valence-electron chi connectivity index (χ1n) is 6.89. The van der Waals surface area contributed by atoms with Crippen LogP contribution in [0.2, 0.25) is 0 Å². The van der Waals surface area contributed by atoms with Crippen LogP contribution in [0.3, 0.4) is 0 Å². The van der Waals surface area contributed by atoms with Crippen LogP contribution < -0.4 is 4.74 Å². The molecule has 1 aromatic heterocycles. The van der Waals surface area contributed by atoms with E-state index in [0.717, 1.165) is 5.56 Å². The number of carboxylic acids is 1. The van der Waals surface area contributed by atoms with Gasteiger partial charge in [0, 0.05) is 0 Å². The molecule has 1 aromatic carbocycles. The van der Waals surface area contributed by atoms with Gasteiger partial charge in [0.2, 0.25) is 0 Å². The first-order chi connectivity index (χ1) is 10.2. The van der Waals surface area contributed by atoms with Crippen molar-refractivity contribution in [3.63, 3.8) is 0 Å². The Morgan fingerprint density at radius 1 is 1.38 bits per heavy atom. The molecule has 0 saturated carbocycles. The molecule has 7 nitrogen and oxygen atoms in total. The number of benzene rings is 1. The zero-order valence-electron chi connectivity index (χ0n) is 12.1. The Bertz CT molecular complexity index is 612. The molecule has 1 unspecified atom stereocenters. The van der Waals surface area contributed by atoms with Gasteiger partial charge in [-0.05, 0) is 35.9 Å². The van der Waals surface area contributed by atoms with Gasteiger partial charge in [-0.1, -0.05) is 19.1 Å². The molecule has 0 aliphatic carbocycles. The second-order valence-electron chi connectivity index (χ2n) is 4.54. The van der Waals surface area contributed by atoms with Gasteiger partial charge < -0.3 is 9.84 Å². The lowest BCUT2D eigenvalue weighted by molar-refractivity contribution is -0.138. The zero-order valence-corrected chi connectivity index (χ0v) is 12.1. The van der Waals surface area contributed by atoms with Crippen molar-refractivity contribution in [1.29, 1.82) is 0 Å². The highest BCUT2D eigenvalue weighted by atomic mass is 16.5. The molecule has 21 heavy (non-hydrogen) atoms. The van der Waals surface area contributed by atoms with Gasteiger partial charge in [0.1, 0.15) is 5.75 Å². The van der Waals surface area contributed by atoms with E-state index in [1.165, 1.54) is 0 Å². The average molecular weight is 290 g/mol. The summed E-state index contributed by atoms with van der Waals surface area (Å²) < 4.78 is 7.15. The van der Waals surface area contributed by atoms with E-state index >= 15 is 0 Å². The van der Waals surface area contributed by atoms with Crippen LogP contribution in [0.15, 0.2) is 24.3 Å². The predicted molar refractivity (Wildman–Crippen MR) is 76.0 cm³/mol. The Hall–Kier alpha value is -2.44. The highest BCUT2D eigenvalue weighted by molar-refractivity contribution is 5.68. The number of hydrogen-bond acceptors (Lipinski definition) is 5. The molecular weight excluding hydrogens is 272 g/mol. The summed E-state index contributed by atoms with van der Waals surface area (Å²) in [7, 11) is 0. The number of nitrogens with zero attached hydrogens (tertiary/aromatic N) is 4. The summed E-state index contributed by atoms with van der Waals surface area (Å²) in [4.78, 5) is 11.0. The number of carbonyl (C=O) groups is 1. The van der Waals surface area contributed by atoms with Crippen LogP contribution in [-0.4, -0.2) is 37.9 Å². The van der Waals surface area contributed by atoms with Crippen molar-refractivity contribution in [2.75, 3.05) is 6.61 Å². The van der Waals surface area contributed by atoms with Gasteiger partial charge in [0.05, 0.1) is 24.6 Å². The van der Waals surface area contributed by atoms with Crippen LogP contribution in [-0.2, 0) is 4.79 Å². The number of ether oxygens (including phenoxy) is 1. The Labute approximate surface area is 122 Å². The molecule has 0 fully saturated rings. The summed E-state index contributed by atoms with van der Waals surface area (Å²) in [6.07, 6.45) is 0.604. The average Bonchev–Trinajstić information content (AvgIpc) is 2.94. The van der Waals surface area contributed by atoms with Gasteiger partial charge >= 0.3 is 5.97 Å². The first kappa shape index (κ1) is 15.0. The third-order valence-electron chi connectivity index (χ3n) is 3.15. The van der Waals surface area contributed by atoms with Gasteiger partial charge in [0.15, 0.2) is 5.82 Å². The molecule has 0 saturated heterocycles. The number of tetrazole rings is 1. The third kappa shape index (κ3) is 3.36. The molecule has 1 atom stereocenters. The lowest BCUT2D eigenvalue weighted by Crippen LogP contribution is -2.16. The molecule has 112 valence electrons. The van der Waals surface area contributed by atoms with E-state index in [0.29, 0.717) is 24.6 Å². The van der Waals surface area contributed by atoms with E-state index in [1.807, 2.05) is 38.1 Å². The molecule has 2 aromatic rings. The lowest BCUT2D eigenvalue weighted by atomic mass is 10.1. The SMILES string of the molecule is CCOc1ccccc1-c1nnnn1C(CC)CC(=O)O. The minimum Gasteiger partial charge on any atom is -0.493 e. The fourth-order valence-corrected chi connectivity index (χ4v) is 2.15. The maximum atomic E-state index is 11.0. The molecule has 7 heteroatoms. The van der Waals surface area contributed by atoms with E-state index in [2.05, 4.69) is 15.5 Å². The highest BCUT2D eigenvalue weighted by Crippen LogP contribution is 2.30. The monoisotopic (exact) mass is 290 g/mol. The normalized spacial score (nSPS) is 12.1. The van der Waals surface area contributed by atoms with Crippen molar-refractivity contribution in [2.45, 2.75) is 32.7 Å². The molecule has 1 N–H and O–H groups in total. The van der Waals surface area contributed by atoms with E-state index in [4.69, 9.17) is 9.84 Å². The number of rotatable bonds is 7. The van der Waals surface area contributed by atoms with Gasteiger partial charge in [-0.3, -0.25) is 4.79 Å². The van der Waals surface area contributed by atoms with Crippen LogP contribution in [0, 0.1) is 0 Å². The summed E-state index contributed by atoms with van der Waals surface area (Å²) in [5.74, 6) is 0.328. The van der Waals surface area contributed by atoms with Crippen LogP contribution in [0.4, 0.5) is 0 Å². The van der Waals surface area contributed by atoms with Crippen LogP contribution in [0.1, 0.15) is 32.7 Å². The number of hydrogen-bond donors (Lipinski definition) is 1. The standard InChI is InChI=1S/C14H18N4O3/c1-3-10(9-13(19)20)18-14(15-16-17-18)11-7-5-6-8-12(11)21-4-2/h5-8,10H,3-4,9H2,1-2H3,(H,19,20). The molecular formula is C14H18N4O3. The van der Waals surface area contributed by atoms with Crippen molar-refractivity contribution in [1.82, 2.24) is 20.2 Å². The second kappa shape index (κ2) is 6.83. The number of aliphatic carboxylic acids is 1. The molecule has 0 spiro atoms. The molecule has 0 radical (unpaired) electrons. The van der Waals surface area contributed by atoms with Crippen molar-refractivity contribution in [2.24, 2.45) is 0 Å². The van der Waals surface area contributed by atoms with Gasteiger partial charge in [-0.15, -0.1) is 5.10 Å². The van der Waals surface area contributed by atoms with Crippen molar-refractivity contribution < 1.29 is 14.6 Å². The molecule has 1 heterocycles. The van der Waals surface area contributed by atoms with Crippen LogP contribution in [0.5, 0.6) is 5.75 Å². The van der Waals surface area contributed by atoms with E-state index in [9.17, 15) is 4.79 Å². The summed E-state index contributed by atoms with van der Waals surface area (Å²) in [5.41, 5.74) is 0.758.